The van der Waals surface area contributed by atoms with Gasteiger partial charge in [-0.1, -0.05) is 36.1 Å². The number of nitrogens with zero attached hydrogens (tertiary/aromatic N) is 1. The molecule has 0 saturated carbocycles. The van der Waals surface area contributed by atoms with Gasteiger partial charge in [-0.3, -0.25) is 9.59 Å². The standard InChI is InChI=1S/C14H19N3O2S2/c1-3-17(4-2)14(20)21-9-12(18)16-11-8-6-5-7-10(11)13(15)19/h5-8H,3-4,9H2,1-2H3,(H2,15,19)(H,16,18). The van der Waals surface area contributed by atoms with Crippen molar-refractivity contribution in [2.75, 3.05) is 24.2 Å². The second-order valence-electron chi connectivity index (χ2n) is 4.18. The molecule has 0 radical (unpaired) electrons. The predicted molar refractivity (Wildman–Crippen MR) is 91.6 cm³/mol. The lowest BCUT2D eigenvalue weighted by molar-refractivity contribution is -0.113. The zero-order valence-corrected chi connectivity index (χ0v) is 13.7. The fourth-order valence-electron chi connectivity index (χ4n) is 1.69. The van der Waals surface area contributed by atoms with Crippen LogP contribution in [0, 0.1) is 0 Å². The van der Waals surface area contributed by atoms with Crippen molar-refractivity contribution >= 4 is 45.8 Å². The minimum absolute atomic E-state index is 0.197. The van der Waals surface area contributed by atoms with Gasteiger partial charge in [0.05, 0.1) is 17.0 Å². The summed E-state index contributed by atoms with van der Waals surface area (Å²) in [4.78, 5) is 25.2. The lowest BCUT2D eigenvalue weighted by atomic mass is 10.1. The Hall–Kier alpha value is -1.60. The normalized spacial score (nSPS) is 10.0. The first-order valence-corrected chi connectivity index (χ1v) is 7.99. The third-order valence-electron chi connectivity index (χ3n) is 2.81. The van der Waals surface area contributed by atoms with Gasteiger partial charge in [0.15, 0.2) is 0 Å². The van der Waals surface area contributed by atoms with Crippen molar-refractivity contribution in [2.45, 2.75) is 13.8 Å². The van der Waals surface area contributed by atoms with E-state index >= 15 is 0 Å². The van der Waals surface area contributed by atoms with Gasteiger partial charge in [-0.25, -0.2) is 0 Å². The van der Waals surface area contributed by atoms with E-state index in [2.05, 4.69) is 5.32 Å². The van der Waals surface area contributed by atoms with Gasteiger partial charge in [-0.2, -0.15) is 0 Å². The summed E-state index contributed by atoms with van der Waals surface area (Å²) in [7, 11) is 0. The van der Waals surface area contributed by atoms with Crippen LogP contribution in [-0.4, -0.2) is 39.9 Å². The highest BCUT2D eigenvalue weighted by Crippen LogP contribution is 2.15. The molecule has 1 aromatic rings. The van der Waals surface area contributed by atoms with E-state index < -0.39 is 5.91 Å². The number of thiocarbonyl (C=S) groups is 1. The molecule has 1 aromatic carbocycles. The Morgan fingerprint density at radius 3 is 2.48 bits per heavy atom. The number of para-hydroxylation sites is 1. The molecule has 0 fully saturated rings. The number of anilines is 1. The second kappa shape index (κ2) is 8.63. The fourth-order valence-corrected chi connectivity index (χ4v) is 2.90. The molecule has 0 aliphatic carbocycles. The fraction of sp³-hybridized carbons (Fsp3) is 0.357. The number of hydrogen-bond acceptors (Lipinski definition) is 4. The first kappa shape index (κ1) is 17.5. The number of nitrogens with one attached hydrogen (secondary N) is 1. The number of benzene rings is 1. The number of nitrogens with two attached hydrogens (primary N) is 1. The molecule has 0 heterocycles. The number of hydrogen-bond donors (Lipinski definition) is 2. The van der Waals surface area contributed by atoms with E-state index in [0.29, 0.717) is 15.6 Å². The van der Waals surface area contributed by atoms with E-state index in [1.807, 2.05) is 18.7 Å². The molecule has 7 heteroatoms. The van der Waals surface area contributed by atoms with Gasteiger partial charge in [0, 0.05) is 13.1 Å². The molecule has 0 spiro atoms. The van der Waals surface area contributed by atoms with Crippen LogP contribution in [0.5, 0.6) is 0 Å². The van der Waals surface area contributed by atoms with Crippen LogP contribution in [0.1, 0.15) is 24.2 Å². The summed E-state index contributed by atoms with van der Waals surface area (Å²) in [6, 6.07) is 6.65. The van der Waals surface area contributed by atoms with E-state index in [4.69, 9.17) is 18.0 Å². The number of carbonyl (C=O) groups is 2. The van der Waals surface area contributed by atoms with Gasteiger partial charge in [0.2, 0.25) is 5.91 Å². The van der Waals surface area contributed by atoms with Crippen LogP contribution < -0.4 is 11.1 Å². The molecule has 0 saturated heterocycles. The van der Waals surface area contributed by atoms with E-state index in [1.54, 1.807) is 24.3 Å². The van der Waals surface area contributed by atoms with Gasteiger partial charge < -0.3 is 16.0 Å². The van der Waals surface area contributed by atoms with Gasteiger partial charge in [-0.05, 0) is 26.0 Å². The second-order valence-corrected chi connectivity index (χ2v) is 5.79. The highest BCUT2D eigenvalue weighted by atomic mass is 32.2. The quantitative estimate of drug-likeness (QED) is 0.783. The molecule has 0 atom stereocenters. The van der Waals surface area contributed by atoms with E-state index in [0.717, 1.165) is 13.1 Å². The number of amides is 2. The van der Waals surface area contributed by atoms with Gasteiger partial charge >= 0.3 is 0 Å². The largest absolute Gasteiger partial charge is 0.366 e. The van der Waals surface area contributed by atoms with Crippen LogP contribution in [0.25, 0.3) is 0 Å². The maximum atomic E-state index is 11.9. The molecule has 0 aliphatic heterocycles. The van der Waals surface area contributed by atoms with Crippen molar-refractivity contribution in [2.24, 2.45) is 5.73 Å². The van der Waals surface area contributed by atoms with Gasteiger partial charge in [0.25, 0.3) is 5.91 Å². The zero-order valence-electron chi connectivity index (χ0n) is 12.1. The van der Waals surface area contributed by atoms with Crippen molar-refractivity contribution < 1.29 is 9.59 Å². The smallest absolute Gasteiger partial charge is 0.250 e. The van der Waals surface area contributed by atoms with E-state index in [9.17, 15) is 9.59 Å². The zero-order chi connectivity index (χ0) is 15.8. The number of primary amides is 1. The average molecular weight is 325 g/mol. The van der Waals surface area contributed by atoms with Crippen molar-refractivity contribution in [3.8, 4) is 0 Å². The van der Waals surface area contributed by atoms with Crippen LogP contribution in [0.2, 0.25) is 0 Å². The van der Waals surface area contributed by atoms with Crippen LogP contribution >= 0.6 is 24.0 Å². The first-order valence-electron chi connectivity index (χ1n) is 6.60. The lowest BCUT2D eigenvalue weighted by Gasteiger charge is -2.20. The Bertz CT molecular complexity index is 531. The Morgan fingerprint density at radius 2 is 1.90 bits per heavy atom. The van der Waals surface area contributed by atoms with Crippen LogP contribution in [-0.2, 0) is 4.79 Å². The Balaban J connectivity index is 2.59. The predicted octanol–water partition coefficient (Wildman–Crippen LogP) is 2.08. The number of carbonyl (C=O) groups excluding carboxylic acids is 2. The molecule has 1 rings (SSSR count). The Kier molecular flexibility index (Phi) is 7.18. The highest BCUT2D eigenvalue weighted by Gasteiger charge is 2.12. The summed E-state index contributed by atoms with van der Waals surface area (Å²) in [5.74, 6) is -0.594. The molecule has 0 aliphatic rings. The third-order valence-corrected chi connectivity index (χ3v) is 4.34. The molecule has 114 valence electrons. The molecule has 5 nitrogen and oxygen atoms in total. The van der Waals surface area contributed by atoms with E-state index in [1.165, 1.54) is 11.8 Å². The minimum Gasteiger partial charge on any atom is -0.366 e. The van der Waals surface area contributed by atoms with Crippen LogP contribution in [0.4, 0.5) is 5.69 Å². The van der Waals surface area contributed by atoms with Crippen molar-refractivity contribution in [3.05, 3.63) is 29.8 Å². The van der Waals surface area contributed by atoms with Gasteiger partial charge in [-0.15, -0.1) is 0 Å². The first-order chi connectivity index (χ1) is 9.99. The average Bonchev–Trinajstić information content (AvgIpc) is 2.46. The molecular formula is C14H19N3O2S2. The molecule has 2 amide bonds. The minimum atomic E-state index is -0.572. The summed E-state index contributed by atoms with van der Waals surface area (Å²) >= 11 is 6.56. The lowest BCUT2D eigenvalue weighted by Crippen LogP contribution is -2.28. The molecule has 3 N–H and O–H groups in total. The number of thioether (sulfide) groups is 1. The monoisotopic (exact) mass is 325 g/mol. The summed E-state index contributed by atoms with van der Waals surface area (Å²) < 4.78 is 0.693. The summed E-state index contributed by atoms with van der Waals surface area (Å²) in [6.45, 7) is 5.65. The summed E-state index contributed by atoms with van der Waals surface area (Å²) in [5, 5.41) is 2.68. The summed E-state index contributed by atoms with van der Waals surface area (Å²) in [5.41, 5.74) is 5.98. The highest BCUT2D eigenvalue weighted by molar-refractivity contribution is 8.23. The van der Waals surface area contributed by atoms with Crippen molar-refractivity contribution in [1.82, 2.24) is 4.90 Å². The Morgan fingerprint density at radius 1 is 1.29 bits per heavy atom. The molecule has 0 unspecified atom stereocenters. The maximum Gasteiger partial charge on any atom is 0.250 e. The van der Waals surface area contributed by atoms with Crippen molar-refractivity contribution in [1.29, 1.82) is 0 Å². The van der Waals surface area contributed by atoms with Crippen LogP contribution in [0.15, 0.2) is 24.3 Å². The topological polar surface area (TPSA) is 75.4 Å². The molecular weight excluding hydrogens is 306 g/mol. The third kappa shape index (κ3) is 5.35. The maximum absolute atomic E-state index is 11.9. The van der Waals surface area contributed by atoms with Gasteiger partial charge in [0.1, 0.15) is 4.32 Å². The molecule has 21 heavy (non-hydrogen) atoms. The molecule has 0 bridgehead atoms. The SMILES string of the molecule is CCN(CC)C(=S)SCC(=O)Nc1ccccc1C(N)=O. The number of rotatable bonds is 6. The van der Waals surface area contributed by atoms with Crippen LogP contribution in [0.3, 0.4) is 0 Å². The Labute approximate surface area is 134 Å². The summed E-state index contributed by atoms with van der Waals surface area (Å²) in [6.07, 6.45) is 0. The van der Waals surface area contributed by atoms with E-state index in [-0.39, 0.29) is 11.7 Å². The van der Waals surface area contributed by atoms with Crippen molar-refractivity contribution in [3.63, 3.8) is 0 Å². The molecule has 0 aromatic heterocycles.